The van der Waals surface area contributed by atoms with Crippen molar-refractivity contribution in [3.05, 3.63) is 101 Å². The second-order valence-electron chi connectivity index (χ2n) is 8.91. The van der Waals surface area contributed by atoms with Crippen molar-refractivity contribution >= 4 is 23.1 Å². The molecule has 3 aromatic carbocycles. The highest BCUT2D eigenvalue weighted by molar-refractivity contribution is 6.51. The van der Waals surface area contributed by atoms with Gasteiger partial charge in [-0.25, -0.2) is 0 Å². The molecule has 4 rings (SSSR count). The Kier molecular flexibility index (Phi) is 6.70. The number of carbonyl (C=O) groups is 2. The van der Waals surface area contributed by atoms with E-state index in [9.17, 15) is 14.7 Å². The molecule has 176 valence electrons. The molecular formula is C29H26N2O4. The summed E-state index contributed by atoms with van der Waals surface area (Å²) < 4.78 is 5.72. The van der Waals surface area contributed by atoms with Crippen molar-refractivity contribution in [1.82, 2.24) is 0 Å². The molecule has 3 aromatic rings. The summed E-state index contributed by atoms with van der Waals surface area (Å²) in [5.41, 5.74) is 2.95. The first kappa shape index (κ1) is 23.8. The predicted molar refractivity (Wildman–Crippen MR) is 134 cm³/mol. The molecule has 1 saturated heterocycles. The van der Waals surface area contributed by atoms with E-state index in [1.54, 1.807) is 48.5 Å². The van der Waals surface area contributed by atoms with Gasteiger partial charge in [-0.3, -0.25) is 14.5 Å². The molecule has 0 aromatic heterocycles. The maximum atomic E-state index is 13.3. The molecule has 0 aliphatic carbocycles. The van der Waals surface area contributed by atoms with Crippen molar-refractivity contribution in [2.75, 3.05) is 11.5 Å². The lowest BCUT2D eigenvalue weighted by atomic mass is 9.92. The summed E-state index contributed by atoms with van der Waals surface area (Å²) in [6, 6.07) is 22.0. The zero-order valence-electron chi connectivity index (χ0n) is 19.9. The smallest absolute Gasteiger partial charge is 0.300 e. The molecule has 0 bridgehead atoms. The van der Waals surface area contributed by atoms with Crippen LogP contribution in [0.15, 0.2) is 78.4 Å². The highest BCUT2D eigenvalue weighted by atomic mass is 16.5. The minimum atomic E-state index is -0.819. The summed E-state index contributed by atoms with van der Waals surface area (Å²) in [6.45, 7) is 6.57. The normalized spacial score (nSPS) is 17.0. The number of hydrogen-bond acceptors (Lipinski definition) is 5. The van der Waals surface area contributed by atoms with E-state index in [0.29, 0.717) is 35.1 Å². The highest BCUT2D eigenvalue weighted by Gasteiger charge is 2.47. The van der Waals surface area contributed by atoms with E-state index in [1.165, 1.54) is 4.90 Å². The zero-order valence-corrected chi connectivity index (χ0v) is 19.9. The number of nitrogens with zero attached hydrogens (tertiary/aromatic N) is 2. The summed E-state index contributed by atoms with van der Waals surface area (Å²) in [4.78, 5) is 27.9. The molecule has 6 nitrogen and oxygen atoms in total. The molecular weight excluding hydrogens is 440 g/mol. The van der Waals surface area contributed by atoms with E-state index in [2.05, 4.69) is 19.9 Å². The zero-order chi connectivity index (χ0) is 25.1. The van der Waals surface area contributed by atoms with Gasteiger partial charge in [0.15, 0.2) is 0 Å². The van der Waals surface area contributed by atoms with E-state index >= 15 is 0 Å². The minimum absolute atomic E-state index is 0.0181. The average molecular weight is 467 g/mol. The second-order valence-corrected chi connectivity index (χ2v) is 8.91. The number of aliphatic hydroxyl groups is 1. The number of rotatable bonds is 6. The van der Waals surface area contributed by atoms with Crippen LogP contribution in [0, 0.1) is 24.2 Å². The molecule has 0 saturated carbocycles. The van der Waals surface area contributed by atoms with Gasteiger partial charge in [0.05, 0.1) is 29.9 Å². The third kappa shape index (κ3) is 4.67. The first-order chi connectivity index (χ1) is 16.8. The van der Waals surface area contributed by atoms with Crippen LogP contribution >= 0.6 is 0 Å². The maximum Gasteiger partial charge on any atom is 0.300 e. The predicted octanol–water partition coefficient (Wildman–Crippen LogP) is 5.53. The van der Waals surface area contributed by atoms with Gasteiger partial charge < -0.3 is 9.84 Å². The Bertz CT molecular complexity index is 1330. The Morgan fingerprint density at radius 2 is 1.69 bits per heavy atom. The first-order valence-corrected chi connectivity index (χ1v) is 11.4. The lowest BCUT2D eigenvalue weighted by molar-refractivity contribution is -0.132. The minimum Gasteiger partial charge on any atom is -0.507 e. The van der Waals surface area contributed by atoms with Gasteiger partial charge in [-0.15, -0.1) is 0 Å². The lowest BCUT2D eigenvalue weighted by Gasteiger charge is -2.26. The van der Waals surface area contributed by atoms with Gasteiger partial charge in [0.2, 0.25) is 0 Å². The van der Waals surface area contributed by atoms with Crippen molar-refractivity contribution in [2.24, 2.45) is 5.92 Å². The monoisotopic (exact) mass is 466 g/mol. The summed E-state index contributed by atoms with van der Waals surface area (Å²) in [6.07, 6.45) is 0. The number of Topliss-reactive ketones (excluding diaryl/α,β-unsaturated/α-hetero) is 1. The van der Waals surface area contributed by atoms with Crippen LogP contribution in [0.2, 0.25) is 0 Å². The van der Waals surface area contributed by atoms with Gasteiger partial charge in [0, 0.05) is 11.3 Å². The van der Waals surface area contributed by atoms with Gasteiger partial charge >= 0.3 is 0 Å². The standard InChI is InChI=1S/C29H26N2O4/c1-18(2)17-35-23-14-10-21(11-15-23)27(32)25-26(24-7-5-4-6-19(24)3)31(29(34)28(25)33)22-12-8-20(16-30)9-13-22/h4-15,18,26,32H,17H2,1-3H3/b27-25-. The quantitative estimate of drug-likeness (QED) is 0.293. The fourth-order valence-corrected chi connectivity index (χ4v) is 4.11. The lowest BCUT2D eigenvalue weighted by Crippen LogP contribution is -2.29. The van der Waals surface area contributed by atoms with Crippen LogP contribution in [0.25, 0.3) is 5.76 Å². The number of benzene rings is 3. The topological polar surface area (TPSA) is 90.6 Å². The van der Waals surface area contributed by atoms with E-state index < -0.39 is 17.7 Å². The van der Waals surface area contributed by atoms with Crippen molar-refractivity contribution in [3.8, 4) is 11.8 Å². The number of anilines is 1. The van der Waals surface area contributed by atoms with Gasteiger partial charge in [-0.1, -0.05) is 38.1 Å². The molecule has 1 aliphatic heterocycles. The first-order valence-electron chi connectivity index (χ1n) is 11.4. The molecule has 35 heavy (non-hydrogen) atoms. The average Bonchev–Trinajstić information content (AvgIpc) is 3.13. The number of aliphatic hydroxyl groups excluding tert-OH is 1. The molecule has 1 unspecified atom stereocenters. The van der Waals surface area contributed by atoms with Gasteiger partial charge in [-0.2, -0.15) is 5.26 Å². The maximum absolute atomic E-state index is 13.3. The number of amides is 1. The Balaban J connectivity index is 1.83. The van der Waals surface area contributed by atoms with Crippen LogP contribution in [-0.2, 0) is 9.59 Å². The Hall–Kier alpha value is -4.37. The SMILES string of the molecule is Cc1ccccc1C1/C(=C(/O)c2ccc(OCC(C)C)cc2)C(=O)C(=O)N1c1ccc(C#N)cc1. The van der Waals surface area contributed by atoms with Crippen LogP contribution in [0.5, 0.6) is 5.75 Å². The number of ketones is 1. The van der Waals surface area contributed by atoms with Crippen molar-refractivity contribution in [1.29, 1.82) is 5.26 Å². The Labute approximate surface area is 204 Å². The molecule has 0 radical (unpaired) electrons. The third-order valence-electron chi connectivity index (χ3n) is 5.91. The Morgan fingerprint density at radius 3 is 2.29 bits per heavy atom. The number of aryl methyl sites for hydroxylation is 1. The third-order valence-corrected chi connectivity index (χ3v) is 5.91. The van der Waals surface area contributed by atoms with Crippen LogP contribution in [0.1, 0.15) is 42.1 Å². The fourth-order valence-electron chi connectivity index (χ4n) is 4.11. The number of nitriles is 1. The van der Waals surface area contributed by atoms with Gasteiger partial charge in [0.25, 0.3) is 11.7 Å². The summed E-state index contributed by atoms with van der Waals surface area (Å²) in [5, 5.41) is 20.4. The van der Waals surface area contributed by atoms with Gasteiger partial charge in [-0.05, 0) is 72.5 Å². The second kappa shape index (κ2) is 9.86. The van der Waals surface area contributed by atoms with Crippen molar-refractivity contribution in [2.45, 2.75) is 26.8 Å². The number of carbonyl (C=O) groups excluding carboxylic acids is 2. The highest BCUT2D eigenvalue weighted by Crippen LogP contribution is 2.43. The van der Waals surface area contributed by atoms with Crippen molar-refractivity contribution < 1.29 is 19.4 Å². The largest absolute Gasteiger partial charge is 0.507 e. The van der Waals surface area contributed by atoms with Crippen LogP contribution in [0.3, 0.4) is 0 Å². The van der Waals surface area contributed by atoms with Crippen LogP contribution in [-0.4, -0.2) is 23.4 Å². The fraction of sp³-hybridized carbons (Fsp3) is 0.207. The molecule has 0 spiro atoms. The molecule has 1 atom stereocenters. The Morgan fingerprint density at radius 1 is 1.03 bits per heavy atom. The van der Waals surface area contributed by atoms with Crippen LogP contribution < -0.4 is 9.64 Å². The molecule has 6 heteroatoms. The molecule has 1 aliphatic rings. The number of ether oxygens (including phenoxy) is 1. The number of hydrogen-bond donors (Lipinski definition) is 1. The molecule has 1 N–H and O–H groups in total. The molecule has 1 heterocycles. The van der Waals surface area contributed by atoms with E-state index in [-0.39, 0.29) is 11.3 Å². The summed E-state index contributed by atoms with van der Waals surface area (Å²) in [7, 11) is 0. The summed E-state index contributed by atoms with van der Waals surface area (Å²) in [5.74, 6) is -0.719. The molecule has 1 fully saturated rings. The van der Waals surface area contributed by atoms with E-state index in [0.717, 1.165) is 11.1 Å². The molecule has 1 amide bonds. The van der Waals surface area contributed by atoms with E-state index in [1.807, 2.05) is 31.2 Å². The summed E-state index contributed by atoms with van der Waals surface area (Å²) >= 11 is 0. The van der Waals surface area contributed by atoms with E-state index in [4.69, 9.17) is 10.00 Å². The van der Waals surface area contributed by atoms with Crippen LogP contribution in [0.4, 0.5) is 5.69 Å². The van der Waals surface area contributed by atoms with Gasteiger partial charge in [0.1, 0.15) is 11.5 Å². The van der Waals surface area contributed by atoms with Crippen molar-refractivity contribution in [3.63, 3.8) is 0 Å².